The van der Waals surface area contributed by atoms with E-state index in [9.17, 15) is 0 Å². The Morgan fingerprint density at radius 1 is 0.906 bits per heavy atom. The molecule has 0 amide bonds. The molecule has 4 aromatic rings. The SMILES string of the molecule is Clc1cccc([C@H]2Oc3ccccc3C3=C2[C@@H](c2ccc(Cl)cc2Cl)n2ncnc2N3)c1. The number of hydrogen-bond donors (Lipinski definition) is 1. The normalized spacial score (nSPS) is 18.8. The topological polar surface area (TPSA) is 52.0 Å². The van der Waals surface area contributed by atoms with Crippen LogP contribution in [0.5, 0.6) is 5.75 Å². The zero-order valence-corrected chi connectivity index (χ0v) is 18.7. The Balaban J connectivity index is 1.65. The van der Waals surface area contributed by atoms with Crippen molar-refractivity contribution in [3.8, 4) is 5.75 Å². The molecule has 0 aliphatic carbocycles. The molecule has 3 heterocycles. The molecule has 3 aromatic carbocycles. The molecule has 1 N–H and O–H groups in total. The van der Waals surface area contributed by atoms with Crippen molar-refractivity contribution in [3.63, 3.8) is 0 Å². The molecular formula is C24H15Cl3N4O. The molecule has 158 valence electrons. The molecule has 8 heteroatoms. The molecular weight excluding hydrogens is 467 g/mol. The van der Waals surface area contributed by atoms with Crippen LogP contribution in [0.1, 0.15) is 28.8 Å². The molecule has 0 spiro atoms. The summed E-state index contributed by atoms with van der Waals surface area (Å²) in [5.74, 6) is 1.40. The summed E-state index contributed by atoms with van der Waals surface area (Å²) in [6, 6.07) is 20.8. The summed E-state index contributed by atoms with van der Waals surface area (Å²) in [7, 11) is 0. The van der Waals surface area contributed by atoms with Crippen molar-refractivity contribution in [1.82, 2.24) is 14.8 Å². The molecule has 2 aliphatic heterocycles. The summed E-state index contributed by atoms with van der Waals surface area (Å²) < 4.78 is 8.38. The predicted octanol–water partition coefficient (Wildman–Crippen LogP) is 6.80. The van der Waals surface area contributed by atoms with Gasteiger partial charge in [-0.2, -0.15) is 10.1 Å². The van der Waals surface area contributed by atoms with Gasteiger partial charge in [-0.25, -0.2) is 4.68 Å². The fourth-order valence-corrected chi connectivity index (χ4v) is 5.10. The average molecular weight is 482 g/mol. The van der Waals surface area contributed by atoms with Gasteiger partial charge in [-0.1, -0.05) is 65.1 Å². The van der Waals surface area contributed by atoms with Crippen molar-refractivity contribution < 1.29 is 4.74 Å². The first-order chi connectivity index (χ1) is 15.6. The number of nitrogens with zero attached hydrogens (tertiary/aromatic N) is 3. The van der Waals surface area contributed by atoms with Gasteiger partial charge in [0.1, 0.15) is 24.2 Å². The molecule has 0 bridgehead atoms. The number of aromatic nitrogens is 3. The van der Waals surface area contributed by atoms with Gasteiger partial charge in [-0.3, -0.25) is 0 Å². The van der Waals surface area contributed by atoms with Gasteiger partial charge in [-0.15, -0.1) is 0 Å². The van der Waals surface area contributed by atoms with Crippen molar-refractivity contribution in [2.75, 3.05) is 5.32 Å². The number of nitrogens with one attached hydrogen (secondary N) is 1. The maximum atomic E-state index is 6.70. The lowest BCUT2D eigenvalue weighted by Crippen LogP contribution is -2.32. The average Bonchev–Trinajstić information content (AvgIpc) is 3.26. The fourth-order valence-electron chi connectivity index (χ4n) is 4.38. The summed E-state index contributed by atoms with van der Waals surface area (Å²) in [6.45, 7) is 0. The third-order valence-corrected chi connectivity index (χ3v) is 6.53. The maximum Gasteiger partial charge on any atom is 0.226 e. The van der Waals surface area contributed by atoms with E-state index in [0.717, 1.165) is 33.7 Å². The molecule has 5 nitrogen and oxygen atoms in total. The van der Waals surface area contributed by atoms with E-state index in [0.29, 0.717) is 21.0 Å². The van der Waals surface area contributed by atoms with Crippen molar-refractivity contribution in [3.05, 3.63) is 110 Å². The number of ether oxygens (including phenoxy) is 1. The van der Waals surface area contributed by atoms with Crippen LogP contribution in [0.2, 0.25) is 15.1 Å². The van der Waals surface area contributed by atoms with Crippen molar-refractivity contribution in [1.29, 1.82) is 0 Å². The Bertz CT molecular complexity index is 1400. The first-order valence-electron chi connectivity index (χ1n) is 9.97. The summed E-state index contributed by atoms with van der Waals surface area (Å²) in [6.07, 6.45) is 1.11. The number of anilines is 1. The molecule has 0 saturated heterocycles. The lowest BCUT2D eigenvalue weighted by atomic mass is 9.84. The Kier molecular flexibility index (Phi) is 4.65. The lowest BCUT2D eigenvalue weighted by molar-refractivity contribution is 0.223. The molecule has 2 aliphatic rings. The molecule has 2 atom stereocenters. The number of para-hydroxylation sites is 1. The molecule has 0 radical (unpaired) electrons. The second-order valence-corrected chi connectivity index (χ2v) is 8.88. The lowest BCUT2D eigenvalue weighted by Gasteiger charge is -2.39. The number of fused-ring (bicyclic) bond motifs is 3. The van der Waals surface area contributed by atoms with Gasteiger partial charge < -0.3 is 10.1 Å². The van der Waals surface area contributed by atoms with Crippen LogP contribution in [0.25, 0.3) is 5.70 Å². The van der Waals surface area contributed by atoms with Crippen LogP contribution in [0.15, 0.2) is 78.6 Å². The van der Waals surface area contributed by atoms with E-state index in [1.54, 1.807) is 6.07 Å². The number of halogens is 3. The first-order valence-corrected chi connectivity index (χ1v) is 11.1. The monoisotopic (exact) mass is 480 g/mol. The second-order valence-electron chi connectivity index (χ2n) is 7.60. The number of hydrogen-bond acceptors (Lipinski definition) is 4. The van der Waals surface area contributed by atoms with Crippen LogP contribution in [-0.4, -0.2) is 14.8 Å². The van der Waals surface area contributed by atoms with E-state index in [-0.39, 0.29) is 6.04 Å². The third-order valence-electron chi connectivity index (χ3n) is 5.73. The Labute approximate surface area is 199 Å². The van der Waals surface area contributed by atoms with E-state index >= 15 is 0 Å². The smallest absolute Gasteiger partial charge is 0.226 e. The van der Waals surface area contributed by atoms with Gasteiger partial charge in [0.15, 0.2) is 0 Å². The van der Waals surface area contributed by atoms with E-state index in [1.807, 2.05) is 65.3 Å². The van der Waals surface area contributed by atoms with Crippen molar-refractivity contribution >= 4 is 46.4 Å². The number of benzene rings is 3. The third kappa shape index (κ3) is 3.08. The van der Waals surface area contributed by atoms with Gasteiger partial charge in [-0.05, 0) is 47.5 Å². The Hall–Kier alpha value is -2.99. The predicted molar refractivity (Wildman–Crippen MR) is 126 cm³/mol. The highest BCUT2D eigenvalue weighted by atomic mass is 35.5. The quantitative estimate of drug-likeness (QED) is 0.342. The highest BCUT2D eigenvalue weighted by molar-refractivity contribution is 6.35. The van der Waals surface area contributed by atoms with Gasteiger partial charge in [0.2, 0.25) is 5.95 Å². The van der Waals surface area contributed by atoms with Gasteiger partial charge in [0.25, 0.3) is 0 Å². The van der Waals surface area contributed by atoms with Crippen molar-refractivity contribution in [2.45, 2.75) is 12.1 Å². The zero-order chi connectivity index (χ0) is 21.8. The van der Waals surface area contributed by atoms with Crippen LogP contribution in [0.4, 0.5) is 5.95 Å². The molecule has 1 aromatic heterocycles. The zero-order valence-electron chi connectivity index (χ0n) is 16.5. The summed E-state index contributed by atoms with van der Waals surface area (Å²) >= 11 is 19.2. The van der Waals surface area contributed by atoms with Crippen LogP contribution in [0, 0.1) is 0 Å². The molecule has 6 rings (SSSR count). The van der Waals surface area contributed by atoms with E-state index in [2.05, 4.69) is 15.4 Å². The molecule has 0 saturated carbocycles. The highest BCUT2D eigenvalue weighted by Crippen LogP contribution is 2.51. The van der Waals surface area contributed by atoms with E-state index in [1.165, 1.54) is 6.33 Å². The minimum absolute atomic E-state index is 0.356. The Morgan fingerprint density at radius 2 is 1.75 bits per heavy atom. The molecule has 0 fully saturated rings. The van der Waals surface area contributed by atoms with E-state index < -0.39 is 6.10 Å². The van der Waals surface area contributed by atoms with Crippen LogP contribution >= 0.6 is 34.8 Å². The first kappa shape index (κ1) is 19.7. The minimum Gasteiger partial charge on any atom is -0.480 e. The summed E-state index contributed by atoms with van der Waals surface area (Å²) in [5, 5.41) is 9.72. The second kappa shape index (κ2) is 7.55. The van der Waals surface area contributed by atoms with Crippen LogP contribution < -0.4 is 10.1 Å². The largest absolute Gasteiger partial charge is 0.480 e. The minimum atomic E-state index is -0.416. The highest BCUT2D eigenvalue weighted by Gasteiger charge is 2.41. The Morgan fingerprint density at radius 3 is 2.59 bits per heavy atom. The maximum absolute atomic E-state index is 6.70. The standard InChI is InChI=1S/C24H15Cl3N4O/c25-14-5-3-4-13(10-14)23-20-21(17-6-1-2-7-19(17)32-23)30-24-28-12-29-31(24)22(20)16-9-8-15(26)11-18(16)27/h1-12,22-23H,(H,28,29,30)/t22-,23-/m1/s1. The van der Waals surface area contributed by atoms with Gasteiger partial charge in [0, 0.05) is 26.2 Å². The van der Waals surface area contributed by atoms with Gasteiger partial charge >= 0.3 is 0 Å². The van der Waals surface area contributed by atoms with Crippen LogP contribution in [0.3, 0.4) is 0 Å². The fraction of sp³-hybridized carbons (Fsp3) is 0.0833. The van der Waals surface area contributed by atoms with E-state index in [4.69, 9.17) is 39.5 Å². The number of rotatable bonds is 2. The van der Waals surface area contributed by atoms with Crippen LogP contribution in [-0.2, 0) is 0 Å². The summed E-state index contributed by atoms with van der Waals surface area (Å²) in [4.78, 5) is 4.43. The summed E-state index contributed by atoms with van der Waals surface area (Å²) in [5.41, 5.74) is 4.62. The molecule has 0 unspecified atom stereocenters. The van der Waals surface area contributed by atoms with Gasteiger partial charge in [0.05, 0.1) is 5.70 Å². The van der Waals surface area contributed by atoms with Crippen molar-refractivity contribution in [2.24, 2.45) is 0 Å². The molecule has 32 heavy (non-hydrogen) atoms.